The van der Waals surface area contributed by atoms with Crippen molar-refractivity contribution in [3.05, 3.63) is 85.8 Å². The summed E-state index contributed by atoms with van der Waals surface area (Å²) in [5.74, 6) is 2.13. The monoisotopic (exact) mass is 545 g/mol. The van der Waals surface area contributed by atoms with E-state index in [9.17, 15) is 0 Å². The van der Waals surface area contributed by atoms with Crippen molar-refractivity contribution in [1.82, 2.24) is 5.32 Å². The van der Waals surface area contributed by atoms with Gasteiger partial charge >= 0.3 is 0 Å². The Balaban J connectivity index is 0.00000341. The van der Waals surface area contributed by atoms with E-state index in [1.807, 2.05) is 42.5 Å². The van der Waals surface area contributed by atoms with Crippen molar-refractivity contribution >= 4 is 51.5 Å². The first-order valence-corrected chi connectivity index (χ1v) is 10.8. The minimum Gasteiger partial charge on any atom is -0.497 e. The molecular weight excluding hydrogens is 525 g/mol. The number of rotatable bonds is 9. The lowest BCUT2D eigenvalue weighted by Crippen LogP contribution is -2.13. The summed E-state index contributed by atoms with van der Waals surface area (Å²) in [6, 6.07) is 17.3. The van der Waals surface area contributed by atoms with Crippen molar-refractivity contribution < 1.29 is 14.2 Å². The van der Waals surface area contributed by atoms with E-state index in [-0.39, 0.29) is 12.4 Å². The fourth-order valence-corrected chi connectivity index (χ4v) is 3.97. The topological polar surface area (TPSA) is 39.7 Å². The first kappa shape index (κ1) is 25.6. The second-order valence-electron chi connectivity index (χ2n) is 6.59. The Bertz CT molecular complexity index is 1000. The molecule has 0 aliphatic heterocycles. The molecular formula is C23H23BrCl3NO3. The minimum absolute atomic E-state index is 0. The van der Waals surface area contributed by atoms with Gasteiger partial charge in [0.05, 0.1) is 18.7 Å². The van der Waals surface area contributed by atoms with Crippen LogP contribution in [0.5, 0.6) is 17.2 Å². The Morgan fingerprint density at radius 3 is 2.23 bits per heavy atom. The van der Waals surface area contributed by atoms with E-state index in [2.05, 4.69) is 21.2 Å². The van der Waals surface area contributed by atoms with Crippen LogP contribution in [0.15, 0.2) is 59.1 Å². The molecule has 0 bridgehead atoms. The lowest BCUT2D eigenvalue weighted by atomic mass is 10.1. The molecule has 0 atom stereocenters. The third-order valence-electron chi connectivity index (χ3n) is 4.49. The second-order valence-corrected chi connectivity index (χ2v) is 8.28. The summed E-state index contributed by atoms with van der Waals surface area (Å²) in [7, 11) is 3.29. The van der Waals surface area contributed by atoms with Crippen molar-refractivity contribution in [1.29, 1.82) is 0 Å². The Morgan fingerprint density at radius 1 is 0.871 bits per heavy atom. The van der Waals surface area contributed by atoms with E-state index in [1.165, 1.54) is 5.56 Å². The quantitative estimate of drug-likeness (QED) is 0.311. The molecule has 0 spiro atoms. The summed E-state index contributed by atoms with van der Waals surface area (Å²) in [4.78, 5) is 0. The highest BCUT2D eigenvalue weighted by molar-refractivity contribution is 9.10. The van der Waals surface area contributed by atoms with Crippen LogP contribution in [-0.4, -0.2) is 14.2 Å². The SMILES string of the molecule is COc1ccc(CNCc2cc(Br)c(OCc3ccc(Cl)cc3Cl)c(OC)c2)cc1.Cl. The molecule has 0 aliphatic rings. The van der Waals surface area contributed by atoms with Crippen LogP contribution in [0.1, 0.15) is 16.7 Å². The first-order chi connectivity index (χ1) is 14.5. The zero-order valence-corrected chi connectivity index (χ0v) is 21.0. The summed E-state index contributed by atoms with van der Waals surface area (Å²) in [5.41, 5.74) is 3.10. The predicted molar refractivity (Wildman–Crippen MR) is 132 cm³/mol. The van der Waals surface area contributed by atoms with E-state index in [0.29, 0.717) is 34.7 Å². The van der Waals surface area contributed by atoms with Gasteiger partial charge in [0.25, 0.3) is 0 Å². The number of nitrogens with one attached hydrogen (secondary N) is 1. The van der Waals surface area contributed by atoms with Crippen LogP contribution < -0.4 is 19.5 Å². The van der Waals surface area contributed by atoms with Gasteiger partial charge in [0, 0.05) is 28.7 Å². The second kappa shape index (κ2) is 12.4. The van der Waals surface area contributed by atoms with Gasteiger partial charge in [0.1, 0.15) is 12.4 Å². The molecule has 3 aromatic carbocycles. The molecule has 3 rings (SSSR count). The van der Waals surface area contributed by atoms with Crippen LogP contribution in [0, 0.1) is 0 Å². The van der Waals surface area contributed by atoms with Crippen LogP contribution in [0.2, 0.25) is 10.0 Å². The Morgan fingerprint density at radius 2 is 1.58 bits per heavy atom. The maximum atomic E-state index is 6.24. The minimum atomic E-state index is 0. The fourth-order valence-electron chi connectivity index (χ4n) is 2.90. The Labute approximate surface area is 207 Å². The normalized spacial score (nSPS) is 10.4. The number of hydrogen-bond acceptors (Lipinski definition) is 4. The Kier molecular flexibility index (Phi) is 10.3. The van der Waals surface area contributed by atoms with Gasteiger partial charge in [0.15, 0.2) is 11.5 Å². The largest absolute Gasteiger partial charge is 0.497 e. The van der Waals surface area contributed by atoms with E-state index < -0.39 is 0 Å². The molecule has 0 unspecified atom stereocenters. The molecule has 4 nitrogen and oxygen atoms in total. The highest BCUT2D eigenvalue weighted by Crippen LogP contribution is 2.37. The maximum Gasteiger partial charge on any atom is 0.175 e. The summed E-state index contributed by atoms with van der Waals surface area (Å²) < 4.78 is 17.5. The van der Waals surface area contributed by atoms with Crippen LogP contribution in [-0.2, 0) is 19.7 Å². The van der Waals surface area contributed by atoms with E-state index in [0.717, 1.165) is 27.9 Å². The van der Waals surface area contributed by atoms with Crippen molar-refractivity contribution in [2.24, 2.45) is 0 Å². The van der Waals surface area contributed by atoms with Gasteiger partial charge in [-0.15, -0.1) is 12.4 Å². The van der Waals surface area contributed by atoms with Crippen molar-refractivity contribution in [2.75, 3.05) is 14.2 Å². The van der Waals surface area contributed by atoms with E-state index in [1.54, 1.807) is 26.4 Å². The highest BCUT2D eigenvalue weighted by Gasteiger charge is 2.13. The zero-order valence-electron chi connectivity index (χ0n) is 17.1. The molecule has 0 amide bonds. The third kappa shape index (κ3) is 7.19. The number of ether oxygens (including phenoxy) is 3. The van der Waals surface area contributed by atoms with Gasteiger partial charge in [-0.3, -0.25) is 0 Å². The first-order valence-electron chi connectivity index (χ1n) is 9.27. The molecule has 31 heavy (non-hydrogen) atoms. The smallest absolute Gasteiger partial charge is 0.175 e. The molecule has 0 heterocycles. The Hall–Kier alpha value is -1.63. The number of hydrogen-bond donors (Lipinski definition) is 1. The number of halogens is 4. The molecule has 0 radical (unpaired) electrons. The van der Waals surface area contributed by atoms with Crippen molar-refractivity contribution in [3.63, 3.8) is 0 Å². The van der Waals surface area contributed by atoms with Crippen LogP contribution in [0.4, 0.5) is 0 Å². The van der Waals surface area contributed by atoms with Gasteiger partial charge in [-0.2, -0.15) is 0 Å². The molecule has 0 saturated carbocycles. The summed E-state index contributed by atoms with van der Waals surface area (Å²) >= 11 is 15.8. The predicted octanol–water partition coefficient (Wildman–Crippen LogP) is 7.06. The van der Waals surface area contributed by atoms with E-state index in [4.69, 9.17) is 37.4 Å². The van der Waals surface area contributed by atoms with Crippen LogP contribution in [0.3, 0.4) is 0 Å². The zero-order chi connectivity index (χ0) is 21.5. The van der Waals surface area contributed by atoms with Crippen molar-refractivity contribution in [3.8, 4) is 17.2 Å². The summed E-state index contributed by atoms with van der Waals surface area (Å²) in [6.45, 7) is 1.74. The van der Waals surface area contributed by atoms with Crippen LogP contribution in [0.25, 0.3) is 0 Å². The molecule has 0 fully saturated rings. The molecule has 0 aromatic heterocycles. The van der Waals surface area contributed by atoms with Gasteiger partial charge in [-0.05, 0) is 63.5 Å². The van der Waals surface area contributed by atoms with E-state index >= 15 is 0 Å². The van der Waals surface area contributed by atoms with Gasteiger partial charge in [-0.25, -0.2) is 0 Å². The van der Waals surface area contributed by atoms with Crippen LogP contribution >= 0.6 is 51.5 Å². The van der Waals surface area contributed by atoms with Gasteiger partial charge < -0.3 is 19.5 Å². The van der Waals surface area contributed by atoms with Gasteiger partial charge in [0.2, 0.25) is 0 Å². The molecule has 166 valence electrons. The summed E-state index contributed by atoms with van der Waals surface area (Å²) in [5, 5.41) is 4.59. The third-order valence-corrected chi connectivity index (χ3v) is 5.67. The number of methoxy groups -OCH3 is 2. The molecule has 0 aliphatic carbocycles. The molecule has 8 heteroatoms. The summed E-state index contributed by atoms with van der Waals surface area (Å²) in [6.07, 6.45) is 0. The lowest BCUT2D eigenvalue weighted by Gasteiger charge is -2.15. The molecule has 3 aromatic rings. The average molecular weight is 548 g/mol. The highest BCUT2D eigenvalue weighted by atomic mass is 79.9. The van der Waals surface area contributed by atoms with Gasteiger partial charge in [-0.1, -0.05) is 41.4 Å². The van der Waals surface area contributed by atoms with Crippen molar-refractivity contribution in [2.45, 2.75) is 19.7 Å². The average Bonchev–Trinajstić information content (AvgIpc) is 2.74. The standard InChI is InChI=1S/C23H22BrCl2NO3.ClH/c1-28-19-7-3-15(4-8-19)12-27-13-16-9-20(24)23(22(10-16)29-2)30-14-17-5-6-18(25)11-21(17)26;/h3-11,27H,12-14H2,1-2H3;1H. The number of benzene rings is 3. The maximum absolute atomic E-state index is 6.24. The molecule has 1 N–H and O–H groups in total. The molecule has 0 saturated heterocycles. The fraction of sp³-hybridized carbons (Fsp3) is 0.217. The lowest BCUT2D eigenvalue weighted by molar-refractivity contribution is 0.282.